The van der Waals surface area contributed by atoms with Gasteiger partial charge in [-0.05, 0) is 36.8 Å². The summed E-state index contributed by atoms with van der Waals surface area (Å²) in [5.74, 6) is 0.683. The van der Waals surface area contributed by atoms with Gasteiger partial charge < -0.3 is 9.26 Å². The smallest absolute Gasteiger partial charge is 0.337 e. The maximum absolute atomic E-state index is 13.5. The second-order valence-corrected chi connectivity index (χ2v) is 9.72. The molecule has 4 aromatic rings. The maximum atomic E-state index is 13.5. The van der Waals surface area contributed by atoms with Gasteiger partial charge in [0.1, 0.15) is 0 Å². The van der Waals surface area contributed by atoms with Gasteiger partial charge in [-0.3, -0.25) is 9.36 Å². The topological polar surface area (TPSA) is 100 Å². The molecule has 0 aliphatic carbocycles. The molecule has 34 heavy (non-hydrogen) atoms. The van der Waals surface area contributed by atoms with Gasteiger partial charge in [-0.25, -0.2) is 9.78 Å². The lowest BCUT2D eigenvalue weighted by Gasteiger charge is -2.16. The Morgan fingerprint density at radius 3 is 2.62 bits per heavy atom. The lowest BCUT2D eigenvalue weighted by Crippen LogP contribution is -2.24. The number of ether oxygens (including phenoxy) is 1. The SMILES string of the molecule is COC(=O)c1ccc2c(=O)n(Cc3ccccc3Cl)c(SC(C)c3nc(C(C)C)no3)nc2c1. The van der Waals surface area contributed by atoms with Crippen molar-refractivity contribution in [3.05, 3.63) is 80.7 Å². The molecule has 0 aliphatic rings. The zero-order valence-corrected chi connectivity index (χ0v) is 20.7. The molecule has 2 aromatic heterocycles. The number of rotatable bonds is 7. The van der Waals surface area contributed by atoms with Gasteiger partial charge in [0, 0.05) is 10.9 Å². The van der Waals surface area contributed by atoms with Gasteiger partial charge in [0.25, 0.3) is 5.56 Å². The number of carbonyl (C=O) groups excluding carboxylic acids is 1. The number of benzene rings is 2. The van der Waals surface area contributed by atoms with E-state index < -0.39 is 5.97 Å². The van der Waals surface area contributed by atoms with Crippen molar-refractivity contribution >= 4 is 40.2 Å². The monoisotopic (exact) mass is 498 g/mol. The fraction of sp³-hybridized carbons (Fsp3) is 0.292. The molecule has 0 aliphatic heterocycles. The summed E-state index contributed by atoms with van der Waals surface area (Å²) in [5, 5.41) is 5.14. The number of halogens is 1. The number of thioether (sulfide) groups is 1. The molecule has 0 saturated heterocycles. The van der Waals surface area contributed by atoms with Gasteiger partial charge in [-0.1, -0.05) is 60.6 Å². The second-order valence-electron chi connectivity index (χ2n) is 8.01. The van der Waals surface area contributed by atoms with Crippen molar-refractivity contribution < 1.29 is 14.1 Å². The van der Waals surface area contributed by atoms with Crippen LogP contribution in [0.15, 0.2) is 56.9 Å². The Kier molecular flexibility index (Phi) is 7.04. The molecule has 0 N–H and O–H groups in total. The molecule has 2 aromatic carbocycles. The zero-order chi connectivity index (χ0) is 24.4. The molecule has 10 heteroatoms. The highest BCUT2D eigenvalue weighted by atomic mass is 35.5. The molecule has 8 nitrogen and oxygen atoms in total. The third-order valence-electron chi connectivity index (χ3n) is 5.23. The van der Waals surface area contributed by atoms with Crippen LogP contribution in [0.25, 0.3) is 10.9 Å². The first-order chi connectivity index (χ1) is 16.3. The molecule has 1 unspecified atom stereocenters. The van der Waals surface area contributed by atoms with Gasteiger partial charge in [0.05, 0.1) is 35.4 Å². The van der Waals surface area contributed by atoms with Gasteiger partial charge in [0.15, 0.2) is 11.0 Å². The predicted octanol–water partition coefficient (Wildman–Crippen LogP) is 5.24. The van der Waals surface area contributed by atoms with Crippen molar-refractivity contribution in [1.82, 2.24) is 19.7 Å². The summed E-state index contributed by atoms with van der Waals surface area (Å²) in [6, 6.07) is 12.0. The third-order valence-corrected chi connectivity index (χ3v) is 6.68. The van der Waals surface area contributed by atoms with Crippen molar-refractivity contribution in [3.63, 3.8) is 0 Å². The van der Waals surface area contributed by atoms with Crippen molar-refractivity contribution in [2.45, 2.75) is 43.6 Å². The quantitative estimate of drug-likeness (QED) is 0.193. The van der Waals surface area contributed by atoms with E-state index in [1.807, 2.05) is 39.0 Å². The highest BCUT2D eigenvalue weighted by molar-refractivity contribution is 7.99. The summed E-state index contributed by atoms with van der Waals surface area (Å²) in [6.07, 6.45) is 0. The largest absolute Gasteiger partial charge is 0.465 e. The summed E-state index contributed by atoms with van der Waals surface area (Å²) in [4.78, 5) is 34.7. The molecule has 176 valence electrons. The summed E-state index contributed by atoms with van der Waals surface area (Å²) in [6.45, 7) is 6.11. The van der Waals surface area contributed by atoms with Crippen molar-refractivity contribution in [1.29, 1.82) is 0 Å². The number of aromatic nitrogens is 4. The fourth-order valence-corrected chi connectivity index (χ4v) is 4.46. The van der Waals surface area contributed by atoms with Crippen LogP contribution >= 0.6 is 23.4 Å². The number of fused-ring (bicyclic) bond motifs is 1. The van der Waals surface area contributed by atoms with Crippen molar-refractivity contribution in [2.75, 3.05) is 7.11 Å². The Morgan fingerprint density at radius 2 is 1.94 bits per heavy atom. The van der Waals surface area contributed by atoms with E-state index >= 15 is 0 Å². The molecule has 0 fully saturated rings. The summed E-state index contributed by atoms with van der Waals surface area (Å²) < 4.78 is 11.8. The summed E-state index contributed by atoms with van der Waals surface area (Å²) >= 11 is 7.69. The van der Waals surface area contributed by atoms with Crippen molar-refractivity contribution in [2.24, 2.45) is 0 Å². The number of esters is 1. The van der Waals surface area contributed by atoms with E-state index in [-0.39, 0.29) is 23.3 Å². The molecule has 2 heterocycles. The van der Waals surface area contributed by atoms with E-state index in [1.54, 1.807) is 28.8 Å². The minimum atomic E-state index is -0.501. The van der Waals surface area contributed by atoms with E-state index in [2.05, 4.69) is 10.1 Å². The zero-order valence-electron chi connectivity index (χ0n) is 19.1. The average molecular weight is 499 g/mol. The van der Waals surface area contributed by atoms with Crippen LogP contribution in [0.3, 0.4) is 0 Å². The van der Waals surface area contributed by atoms with Crippen LogP contribution in [-0.4, -0.2) is 32.8 Å². The highest BCUT2D eigenvalue weighted by Gasteiger charge is 2.22. The number of carbonyl (C=O) groups is 1. The van der Waals surface area contributed by atoms with Crippen LogP contribution in [0, 0.1) is 0 Å². The minimum absolute atomic E-state index is 0.128. The second kappa shape index (κ2) is 9.99. The first-order valence-electron chi connectivity index (χ1n) is 10.6. The molecular weight excluding hydrogens is 476 g/mol. The molecule has 0 bridgehead atoms. The number of nitrogens with zero attached hydrogens (tertiary/aromatic N) is 4. The van der Waals surface area contributed by atoms with Crippen LogP contribution in [0.5, 0.6) is 0 Å². The molecule has 0 amide bonds. The maximum Gasteiger partial charge on any atom is 0.337 e. The van der Waals surface area contributed by atoms with E-state index in [0.717, 1.165) is 5.56 Å². The van der Waals surface area contributed by atoms with Crippen LogP contribution in [-0.2, 0) is 11.3 Å². The average Bonchev–Trinajstić information content (AvgIpc) is 3.33. The highest BCUT2D eigenvalue weighted by Crippen LogP contribution is 2.34. The predicted molar refractivity (Wildman–Crippen MR) is 131 cm³/mol. The van der Waals surface area contributed by atoms with Crippen LogP contribution in [0.2, 0.25) is 5.02 Å². The Balaban J connectivity index is 1.82. The van der Waals surface area contributed by atoms with Crippen LogP contribution in [0.1, 0.15) is 59.6 Å². The molecule has 4 rings (SSSR count). The number of hydrogen-bond acceptors (Lipinski definition) is 8. The molecular formula is C24H23ClN4O4S. The normalized spacial score (nSPS) is 12.3. The van der Waals surface area contributed by atoms with E-state index in [9.17, 15) is 9.59 Å². The standard InChI is InChI=1S/C24H23ClN4O4S/c1-13(2)20-27-21(33-28-20)14(3)34-24-26-19-11-15(23(31)32-4)9-10-17(19)22(30)29(24)12-16-7-5-6-8-18(16)25/h5-11,13-14H,12H2,1-4H3. The van der Waals surface area contributed by atoms with Gasteiger partial charge in [0.2, 0.25) is 5.89 Å². The van der Waals surface area contributed by atoms with Crippen LogP contribution < -0.4 is 5.56 Å². The van der Waals surface area contributed by atoms with E-state index in [0.29, 0.717) is 38.4 Å². The summed E-state index contributed by atoms with van der Waals surface area (Å²) in [7, 11) is 1.31. The minimum Gasteiger partial charge on any atom is -0.465 e. The Labute approximate surface area is 205 Å². The molecule has 0 radical (unpaired) electrons. The lowest BCUT2D eigenvalue weighted by molar-refractivity contribution is 0.0601. The number of hydrogen-bond donors (Lipinski definition) is 0. The Morgan fingerprint density at radius 1 is 1.18 bits per heavy atom. The first kappa shape index (κ1) is 24.0. The van der Waals surface area contributed by atoms with Gasteiger partial charge in [-0.2, -0.15) is 4.98 Å². The molecule has 0 saturated carbocycles. The number of methoxy groups -OCH3 is 1. The summed E-state index contributed by atoms with van der Waals surface area (Å²) in [5.41, 5.74) is 1.25. The fourth-order valence-electron chi connectivity index (χ4n) is 3.33. The van der Waals surface area contributed by atoms with Gasteiger partial charge in [-0.15, -0.1) is 0 Å². The molecule has 0 spiro atoms. The third kappa shape index (κ3) is 4.85. The lowest BCUT2D eigenvalue weighted by atomic mass is 10.1. The van der Waals surface area contributed by atoms with Gasteiger partial charge >= 0.3 is 5.97 Å². The molecule has 1 atom stereocenters. The Hall–Kier alpha value is -3.17. The van der Waals surface area contributed by atoms with Crippen LogP contribution in [0.4, 0.5) is 0 Å². The Bertz CT molecular complexity index is 1420. The van der Waals surface area contributed by atoms with Crippen molar-refractivity contribution in [3.8, 4) is 0 Å². The van der Waals surface area contributed by atoms with E-state index in [1.165, 1.54) is 18.9 Å². The first-order valence-corrected chi connectivity index (χ1v) is 11.9. The van der Waals surface area contributed by atoms with E-state index in [4.69, 9.17) is 25.8 Å².